The van der Waals surface area contributed by atoms with E-state index in [2.05, 4.69) is 61.2 Å². The van der Waals surface area contributed by atoms with Gasteiger partial charge in [0.25, 0.3) is 5.91 Å². The van der Waals surface area contributed by atoms with Gasteiger partial charge in [-0.1, -0.05) is 30.3 Å². The maximum atomic E-state index is 12.5. The normalized spacial score (nSPS) is 23.4. The van der Waals surface area contributed by atoms with E-state index < -0.39 is 0 Å². The molecule has 5 rings (SSSR count). The van der Waals surface area contributed by atoms with Crippen molar-refractivity contribution in [2.24, 2.45) is 0 Å². The molecule has 7 heteroatoms. The lowest BCUT2D eigenvalue weighted by Gasteiger charge is -2.40. The quantitative estimate of drug-likeness (QED) is 0.666. The van der Waals surface area contributed by atoms with Gasteiger partial charge in [0.2, 0.25) is 5.95 Å². The SMILES string of the molecule is O=C(NC1CCNCC1)c1cnc(NC2CCN(Cc3ccccc3)C3(CC3)C2)nc1. The summed E-state index contributed by atoms with van der Waals surface area (Å²) in [4.78, 5) is 24.0. The predicted octanol–water partition coefficient (Wildman–Crippen LogP) is 2.57. The van der Waals surface area contributed by atoms with Crippen LogP contribution in [0, 0.1) is 0 Å². The van der Waals surface area contributed by atoms with E-state index >= 15 is 0 Å². The molecule has 0 bridgehead atoms. The molecule has 31 heavy (non-hydrogen) atoms. The van der Waals surface area contributed by atoms with Gasteiger partial charge in [0, 0.05) is 43.1 Å². The molecule has 3 fully saturated rings. The zero-order valence-corrected chi connectivity index (χ0v) is 18.0. The van der Waals surface area contributed by atoms with Crippen LogP contribution < -0.4 is 16.0 Å². The number of hydrogen-bond donors (Lipinski definition) is 3. The Balaban J connectivity index is 1.14. The predicted molar refractivity (Wildman–Crippen MR) is 121 cm³/mol. The number of nitrogens with zero attached hydrogens (tertiary/aromatic N) is 3. The summed E-state index contributed by atoms with van der Waals surface area (Å²) in [6, 6.07) is 11.4. The third-order valence-electron chi connectivity index (χ3n) is 7.01. The van der Waals surface area contributed by atoms with Crippen molar-refractivity contribution in [3.8, 4) is 0 Å². The second-order valence-corrected chi connectivity index (χ2v) is 9.26. The Morgan fingerprint density at radius 3 is 2.52 bits per heavy atom. The number of piperidine rings is 2. The number of carbonyl (C=O) groups excluding carboxylic acids is 1. The summed E-state index contributed by atoms with van der Waals surface area (Å²) < 4.78 is 0. The molecular formula is C24H32N6O. The van der Waals surface area contributed by atoms with Crippen molar-refractivity contribution >= 4 is 11.9 Å². The monoisotopic (exact) mass is 420 g/mol. The summed E-state index contributed by atoms with van der Waals surface area (Å²) in [5.41, 5.74) is 2.25. The first-order valence-corrected chi connectivity index (χ1v) is 11.6. The summed E-state index contributed by atoms with van der Waals surface area (Å²) >= 11 is 0. The van der Waals surface area contributed by atoms with Crippen LogP contribution in [0.2, 0.25) is 0 Å². The molecule has 1 atom stereocenters. The zero-order valence-electron chi connectivity index (χ0n) is 18.0. The Morgan fingerprint density at radius 2 is 1.81 bits per heavy atom. The van der Waals surface area contributed by atoms with Gasteiger partial charge < -0.3 is 16.0 Å². The Hall–Kier alpha value is -2.51. The maximum absolute atomic E-state index is 12.5. The van der Waals surface area contributed by atoms with Gasteiger partial charge in [0.1, 0.15) is 0 Å². The highest BCUT2D eigenvalue weighted by Gasteiger charge is 2.51. The lowest BCUT2D eigenvalue weighted by Crippen LogP contribution is -2.47. The Morgan fingerprint density at radius 1 is 1.06 bits per heavy atom. The topological polar surface area (TPSA) is 82.2 Å². The van der Waals surface area contributed by atoms with E-state index in [4.69, 9.17) is 0 Å². The number of hydrogen-bond acceptors (Lipinski definition) is 6. The van der Waals surface area contributed by atoms with Crippen LogP contribution in [0.3, 0.4) is 0 Å². The summed E-state index contributed by atoms with van der Waals surface area (Å²) in [5, 5.41) is 9.93. The highest BCUT2D eigenvalue weighted by molar-refractivity contribution is 5.93. The number of carbonyl (C=O) groups is 1. The van der Waals surface area contributed by atoms with Crippen molar-refractivity contribution in [1.82, 2.24) is 25.5 Å². The number of likely N-dealkylation sites (tertiary alicyclic amines) is 1. The van der Waals surface area contributed by atoms with E-state index in [1.165, 1.54) is 18.4 Å². The average molecular weight is 421 g/mol. The number of amides is 1. The third kappa shape index (κ3) is 4.88. The molecular weight excluding hydrogens is 388 g/mol. The second-order valence-electron chi connectivity index (χ2n) is 9.26. The molecule has 2 aromatic rings. The minimum absolute atomic E-state index is 0.0791. The van der Waals surface area contributed by atoms with Crippen LogP contribution in [-0.4, -0.2) is 58.0 Å². The molecule has 2 aliphatic heterocycles. The fraction of sp³-hybridized carbons (Fsp3) is 0.542. The van der Waals surface area contributed by atoms with Crippen LogP contribution in [0.1, 0.15) is 54.4 Å². The van der Waals surface area contributed by atoms with E-state index in [1.54, 1.807) is 12.4 Å². The molecule has 0 radical (unpaired) electrons. The van der Waals surface area contributed by atoms with Crippen LogP contribution in [0.15, 0.2) is 42.7 Å². The molecule has 7 nitrogen and oxygen atoms in total. The largest absolute Gasteiger partial charge is 0.351 e. The minimum Gasteiger partial charge on any atom is -0.351 e. The van der Waals surface area contributed by atoms with Crippen LogP contribution >= 0.6 is 0 Å². The molecule has 164 valence electrons. The van der Waals surface area contributed by atoms with Crippen LogP contribution in [0.4, 0.5) is 5.95 Å². The first kappa shape index (κ1) is 20.4. The lowest BCUT2D eigenvalue weighted by molar-refractivity contribution is 0.0929. The Labute approximate surface area is 184 Å². The van der Waals surface area contributed by atoms with Crippen molar-refractivity contribution < 1.29 is 4.79 Å². The van der Waals surface area contributed by atoms with Crippen molar-refractivity contribution in [1.29, 1.82) is 0 Å². The van der Waals surface area contributed by atoms with E-state index in [-0.39, 0.29) is 11.9 Å². The molecule has 1 aromatic heterocycles. The van der Waals surface area contributed by atoms with Gasteiger partial charge in [0.15, 0.2) is 0 Å². The van der Waals surface area contributed by atoms with Crippen LogP contribution in [0.5, 0.6) is 0 Å². The van der Waals surface area contributed by atoms with Crippen molar-refractivity contribution in [2.75, 3.05) is 25.0 Å². The second kappa shape index (κ2) is 8.93. The summed E-state index contributed by atoms with van der Waals surface area (Å²) in [7, 11) is 0. The standard InChI is InChI=1S/C24H32N6O/c31-22(28-20-6-11-25-12-7-20)19-15-26-23(27-16-19)29-21-8-13-30(24(14-21)9-10-24)17-18-4-2-1-3-5-18/h1-5,15-16,20-21,25H,6-14,17H2,(H,28,31)(H,26,27,29). The first-order valence-electron chi connectivity index (χ1n) is 11.6. The molecule has 3 N–H and O–H groups in total. The maximum Gasteiger partial charge on any atom is 0.254 e. The molecule has 1 aromatic carbocycles. The summed E-state index contributed by atoms with van der Waals surface area (Å²) in [5.74, 6) is 0.542. The number of aromatic nitrogens is 2. The summed E-state index contributed by atoms with van der Waals surface area (Å²) in [6.45, 7) is 4.03. The van der Waals surface area contributed by atoms with Crippen molar-refractivity contribution in [3.63, 3.8) is 0 Å². The van der Waals surface area contributed by atoms with Gasteiger partial charge in [-0.3, -0.25) is 9.69 Å². The van der Waals surface area contributed by atoms with Crippen LogP contribution in [-0.2, 0) is 6.54 Å². The molecule has 1 spiro atoms. The smallest absolute Gasteiger partial charge is 0.254 e. The highest BCUT2D eigenvalue weighted by atomic mass is 16.1. The fourth-order valence-electron chi connectivity index (χ4n) is 5.01. The third-order valence-corrected chi connectivity index (χ3v) is 7.01. The van der Waals surface area contributed by atoms with E-state index in [9.17, 15) is 4.79 Å². The molecule has 1 unspecified atom stereocenters. The Kier molecular flexibility index (Phi) is 5.87. The van der Waals surface area contributed by atoms with Gasteiger partial charge in [-0.05, 0) is 57.2 Å². The van der Waals surface area contributed by atoms with E-state index in [1.807, 2.05) is 0 Å². The zero-order chi connectivity index (χ0) is 21.1. The number of nitrogens with one attached hydrogen (secondary N) is 3. The van der Waals surface area contributed by atoms with Crippen molar-refractivity contribution in [3.05, 3.63) is 53.9 Å². The number of benzene rings is 1. The highest BCUT2D eigenvalue weighted by Crippen LogP contribution is 2.49. The lowest BCUT2D eigenvalue weighted by atomic mass is 9.94. The van der Waals surface area contributed by atoms with Gasteiger partial charge in [-0.2, -0.15) is 0 Å². The molecule has 1 saturated carbocycles. The molecule has 2 saturated heterocycles. The molecule has 1 amide bonds. The van der Waals surface area contributed by atoms with E-state index in [0.717, 1.165) is 51.9 Å². The fourth-order valence-corrected chi connectivity index (χ4v) is 5.01. The Bertz CT molecular complexity index is 877. The molecule has 1 aliphatic carbocycles. The number of anilines is 1. The van der Waals surface area contributed by atoms with Gasteiger partial charge in [-0.15, -0.1) is 0 Å². The minimum atomic E-state index is -0.0791. The first-order chi connectivity index (χ1) is 15.2. The van der Waals surface area contributed by atoms with Gasteiger partial charge >= 0.3 is 0 Å². The van der Waals surface area contributed by atoms with Crippen molar-refractivity contribution in [2.45, 2.75) is 62.7 Å². The molecule has 3 aliphatic rings. The average Bonchev–Trinajstić information content (AvgIpc) is 3.57. The van der Waals surface area contributed by atoms with E-state index in [0.29, 0.717) is 23.1 Å². The van der Waals surface area contributed by atoms with Gasteiger partial charge in [0.05, 0.1) is 5.56 Å². The van der Waals surface area contributed by atoms with Gasteiger partial charge in [-0.25, -0.2) is 9.97 Å². The molecule has 3 heterocycles. The summed E-state index contributed by atoms with van der Waals surface area (Å²) in [6.07, 6.45) is 9.97. The van der Waals surface area contributed by atoms with Crippen LogP contribution in [0.25, 0.3) is 0 Å². The number of rotatable bonds is 6.